The highest BCUT2D eigenvalue weighted by Crippen LogP contribution is 2.31. The normalized spacial score (nSPS) is 10.7. The van der Waals surface area contributed by atoms with Gasteiger partial charge in [0.15, 0.2) is 11.6 Å². The molecule has 4 rings (SSSR count). The molecule has 0 aliphatic carbocycles. The number of benzene rings is 2. The lowest BCUT2D eigenvalue weighted by atomic mass is 10.1. The zero-order chi connectivity index (χ0) is 22.8. The second-order valence-corrected chi connectivity index (χ2v) is 7.69. The Morgan fingerprint density at radius 2 is 1.78 bits per heavy atom. The van der Waals surface area contributed by atoms with E-state index >= 15 is 0 Å². The molecule has 2 heterocycles. The highest BCUT2D eigenvalue weighted by Gasteiger charge is 2.18. The second-order valence-electron chi connectivity index (χ2n) is 7.31. The molecule has 8 heteroatoms. The van der Waals surface area contributed by atoms with E-state index in [-0.39, 0.29) is 5.82 Å². The standard InChI is InChI=1S/C24H21ClN6O/c1-4-19-18(13-26)23(27)31(30-19)20-12-21(29-24(28-20)16-8-6-5-7-9-16)32-17-10-14(2)22(25)15(3)11-17/h5-12H,4,27H2,1-3H3. The summed E-state index contributed by atoms with van der Waals surface area (Å²) in [6.07, 6.45) is 0.573. The molecule has 0 fully saturated rings. The average Bonchev–Trinajstić information content (AvgIpc) is 3.13. The number of aromatic nitrogens is 4. The number of aryl methyl sites for hydroxylation is 3. The van der Waals surface area contributed by atoms with Gasteiger partial charge in [-0.3, -0.25) is 0 Å². The van der Waals surface area contributed by atoms with Crippen LogP contribution in [0.1, 0.15) is 29.3 Å². The van der Waals surface area contributed by atoms with E-state index in [9.17, 15) is 5.26 Å². The van der Waals surface area contributed by atoms with Crippen molar-refractivity contribution in [3.63, 3.8) is 0 Å². The first kappa shape index (κ1) is 21.3. The van der Waals surface area contributed by atoms with Gasteiger partial charge in [0.25, 0.3) is 0 Å². The monoisotopic (exact) mass is 444 g/mol. The lowest BCUT2D eigenvalue weighted by Crippen LogP contribution is -2.07. The average molecular weight is 445 g/mol. The number of hydrogen-bond acceptors (Lipinski definition) is 6. The van der Waals surface area contributed by atoms with E-state index in [2.05, 4.69) is 21.1 Å². The zero-order valence-electron chi connectivity index (χ0n) is 17.9. The van der Waals surface area contributed by atoms with Crippen LogP contribution in [-0.2, 0) is 6.42 Å². The van der Waals surface area contributed by atoms with E-state index in [1.54, 1.807) is 6.07 Å². The molecule has 7 nitrogen and oxygen atoms in total. The van der Waals surface area contributed by atoms with Crippen molar-refractivity contribution in [1.82, 2.24) is 19.7 Å². The molecule has 2 aromatic carbocycles. The Morgan fingerprint density at radius 1 is 1.09 bits per heavy atom. The largest absolute Gasteiger partial charge is 0.439 e. The van der Waals surface area contributed by atoms with E-state index in [1.165, 1.54) is 4.68 Å². The molecule has 0 spiro atoms. The molecule has 0 unspecified atom stereocenters. The Labute approximate surface area is 191 Å². The van der Waals surface area contributed by atoms with Crippen molar-refractivity contribution in [1.29, 1.82) is 5.26 Å². The summed E-state index contributed by atoms with van der Waals surface area (Å²) in [5.41, 5.74) is 9.80. The molecule has 2 N–H and O–H groups in total. The highest BCUT2D eigenvalue weighted by atomic mass is 35.5. The minimum atomic E-state index is 0.228. The van der Waals surface area contributed by atoms with Crippen LogP contribution in [-0.4, -0.2) is 19.7 Å². The number of hydrogen-bond donors (Lipinski definition) is 1. The van der Waals surface area contributed by atoms with Crippen LogP contribution in [0.25, 0.3) is 17.2 Å². The Balaban J connectivity index is 1.87. The minimum Gasteiger partial charge on any atom is -0.439 e. The first-order valence-electron chi connectivity index (χ1n) is 10.1. The van der Waals surface area contributed by atoms with E-state index < -0.39 is 0 Å². The van der Waals surface area contributed by atoms with Crippen LogP contribution < -0.4 is 10.5 Å². The first-order valence-corrected chi connectivity index (χ1v) is 10.5. The number of nitrogens with two attached hydrogens (primary N) is 1. The Bertz CT molecular complexity index is 1320. The van der Waals surface area contributed by atoms with Gasteiger partial charge in [0.05, 0.1) is 5.69 Å². The molecule has 2 aromatic heterocycles. The summed E-state index contributed by atoms with van der Waals surface area (Å²) in [6.45, 7) is 5.76. The molecular formula is C24H21ClN6O. The SMILES string of the molecule is CCc1nn(-c2cc(Oc3cc(C)c(Cl)c(C)c3)nc(-c3ccccc3)n2)c(N)c1C#N. The van der Waals surface area contributed by atoms with Crippen LogP contribution in [0.5, 0.6) is 11.6 Å². The fourth-order valence-corrected chi connectivity index (χ4v) is 3.51. The van der Waals surface area contributed by atoms with Gasteiger partial charge in [0, 0.05) is 16.7 Å². The predicted molar refractivity (Wildman–Crippen MR) is 124 cm³/mol. The third kappa shape index (κ3) is 4.01. The van der Waals surface area contributed by atoms with Crippen molar-refractivity contribution < 1.29 is 4.74 Å². The molecule has 4 aromatic rings. The van der Waals surface area contributed by atoms with E-state index in [0.717, 1.165) is 16.7 Å². The Morgan fingerprint density at radius 3 is 2.38 bits per heavy atom. The molecule has 0 aliphatic heterocycles. The lowest BCUT2D eigenvalue weighted by molar-refractivity contribution is 0.461. The molecule has 0 aliphatic rings. The van der Waals surface area contributed by atoms with Gasteiger partial charge in [0.2, 0.25) is 5.88 Å². The van der Waals surface area contributed by atoms with Crippen molar-refractivity contribution in [3.05, 3.63) is 75.9 Å². The van der Waals surface area contributed by atoms with Gasteiger partial charge < -0.3 is 10.5 Å². The van der Waals surface area contributed by atoms with Crippen molar-refractivity contribution in [2.24, 2.45) is 0 Å². The van der Waals surface area contributed by atoms with E-state index in [1.807, 2.05) is 63.2 Å². The Hall–Kier alpha value is -3.89. The predicted octanol–water partition coefficient (Wildman–Crippen LogP) is 5.41. The third-order valence-corrected chi connectivity index (χ3v) is 5.61. The molecule has 0 bridgehead atoms. The summed E-state index contributed by atoms with van der Waals surface area (Å²) >= 11 is 6.29. The van der Waals surface area contributed by atoms with Crippen LogP contribution in [0.4, 0.5) is 5.82 Å². The second kappa shape index (κ2) is 8.69. The van der Waals surface area contributed by atoms with Crippen molar-refractivity contribution in [3.8, 4) is 34.9 Å². The molecule has 0 saturated carbocycles. The van der Waals surface area contributed by atoms with Gasteiger partial charge in [-0.25, -0.2) is 4.98 Å². The van der Waals surface area contributed by atoms with Crippen molar-refractivity contribution >= 4 is 17.4 Å². The third-order valence-electron chi connectivity index (χ3n) is 5.01. The maximum Gasteiger partial charge on any atom is 0.225 e. The number of rotatable bonds is 5. The summed E-state index contributed by atoms with van der Waals surface area (Å²) in [4.78, 5) is 9.24. The number of ether oxygens (including phenoxy) is 1. The molecular weight excluding hydrogens is 424 g/mol. The molecule has 0 amide bonds. The maximum absolute atomic E-state index is 9.50. The first-order chi connectivity index (χ1) is 15.4. The summed E-state index contributed by atoms with van der Waals surface area (Å²) in [5.74, 6) is 2.01. The number of anilines is 1. The zero-order valence-corrected chi connectivity index (χ0v) is 18.7. The summed E-state index contributed by atoms with van der Waals surface area (Å²) in [6, 6.07) is 17.0. The van der Waals surface area contributed by atoms with Gasteiger partial charge in [-0.1, -0.05) is 48.9 Å². The topological polar surface area (TPSA) is 103 Å². The van der Waals surface area contributed by atoms with Crippen molar-refractivity contribution in [2.75, 3.05) is 5.73 Å². The van der Waals surface area contributed by atoms with Gasteiger partial charge >= 0.3 is 0 Å². The van der Waals surface area contributed by atoms with E-state index in [0.29, 0.717) is 46.0 Å². The number of nitrogen functional groups attached to an aromatic ring is 1. The maximum atomic E-state index is 9.50. The molecule has 160 valence electrons. The summed E-state index contributed by atoms with van der Waals surface area (Å²) < 4.78 is 7.55. The number of nitrogens with zero attached hydrogens (tertiary/aromatic N) is 5. The van der Waals surface area contributed by atoms with Gasteiger partial charge in [-0.05, 0) is 43.5 Å². The highest BCUT2D eigenvalue weighted by molar-refractivity contribution is 6.32. The van der Waals surface area contributed by atoms with Crippen molar-refractivity contribution in [2.45, 2.75) is 27.2 Å². The number of halogens is 1. The minimum absolute atomic E-state index is 0.228. The lowest BCUT2D eigenvalue weighted by Gasteiger charge is -2.12. The quantitative estimate of drug-likeness (QED) is 0.441. The van der Waals surface area contributed by atoms with Crippen LogP contribution in [0.3, 0.4) is 0 Å². The van der Waals surface area contributed by atoms with Gasteiger partial charge in [-0.2, -0.15) is 20.0 Å². The van der Waals surface area contributed by atoms with Crippen LogP contribution in [0.2, 0.25) is 5.02 Å². The van der Waals surface area contributed by atoms with Gasteiger partial charge in [-0.15, -0.1) is 0 Å². The molecule has 0 atom stereocenters. The Kier molecular flexibility index (Phi) is 5.80. The number of nitriles is 1. The summed E-state index contributed by atoms with van der Waals surface area (Å²) in [5, 5.41) is 14.7. The van der Waals surface area contributed by atoms with Gasteiger partial charge in [0.1, 0.15) is 23.2 Å². The smallest absolute Gasteiger partial charge is 0.225 e. The van der Waals surface area contributed by atoms with Crippen LogP contribution >= 0.6 is 11.6 Å². The molecule has 0 saturated heterocycles. The summed E-state index contributed by atoms with van der Waals surface area (Å²) in [7, 11) is 0. The fourth-order valence-electron chi connectivity index (χ4n) is 3.40. The molecule has 32 heavy (non-hydrogen) atoms. The van der Waals surface area contributed by atoms with Crippen LogP contribution in [0.15, 0.2) is 48.5 Å². The molecule has 0 radical (unpaired) electrons. The van der Waals surface area contributed by atoms with Crippen LogP contribution in [0, 0.1) is 25.2 Å². The van der Waals surface area contributed by atoms with E-state index in [4.69, 9.17) is 22.1 Å². The fraction of sp³-hybridized carbons (Fsp3) is 0.167.